The summed E-state index contributed by atoms with van der Waals surface area (Å²) in [7, 11) is 0. The van der Waals surface area contributed by atoms with Gasteiger partial charge in [0.25, 0.3) is 5.82 Å². The fraction of sp³-hybridized carbons (Fsp3) is 0.312. The van der Waals surface area contributed by atoms with Crippen molar-refractivity contribution in [3.8, 4) is 0 Å². The van der Waals surface area contributed by atoms with Crippen molar-refractivity contribution in [3.05, 3.63) is 53.3 Å². The third kappa shape index (κ3) is 2.57. The van der Waals surface area contributed by atoms with Gasteiger partial charge in [-0.1, -0.05) is 24.3 Å². The SMILES string of the molecule is FC(F)(F)c1nnc2ccc(NC3CCCc4ccccc43)nn12. The predicted molar refractivity (Wildman–Crippen MR) is 81.5 cm³/mol. The smallest absolute Gasteiger partial charge is 0.362 e. The fourth-order valence-electron chi connectivity index (χ4n) is 3.13. The number of nitrogens with zero attached hydrogens (tertiary/aromatic N) is 4. The van der Waals surface area contributed by atoms with Crippen molar-refractivity contribution in [2.75, 3.05) is 5.32 Å². The molecule has 2 heterocycles. The molecule has 1 aliphatic rings. The van der Waals surface area contributed by atoms with Crippen LogP contribution in [0.3, 0.4) is 0 Å². The Morgan fingerprint density at radius 2 is 1.92 bits per heavy atom. The van der Waals surface area contributed by atoms with Gasteiger partial charge in [-0.05, 0) is 42.5 Å². The second-order valence-corrected chi connectivity index (χ2v) is 5.80. The number of alkyl halides is 3. The molecule has 0 amide bonds. The molecule has 24 heavy (non-hydrogen) atoms. The Hall–Kier alpha value is -2.64. The van der Waals surface area contributed by atoms with Crippen LogP contribution in [0.5, 0.6) is 0 Å². The maximum atomic E-state index is 13.0. The molecule has 2 aromatic heterocycles. The standard InChI is InChI=1S/C16H14F3N5/c17-16(18,19)15-22-21-14-9-8-13(23-24(14)15)20-12-7-3-5-10-4-1-2-6-11(10)12/h1-2,4,6,8-9,12H,3,5,7H2,(H,20,23). The van der Waals surface area contributed by atoms with Crippen molar-refractivity contribution in [3.63, 3.8) is 0 Å². The number of hydrogen-bond donors (Lipinski definition) is 1. The molecule has 0 fully saturated rings. The topological polar surface area (TPSA) is 55.1 Å². The van der Waals surface area contributed by atoms with Gasteiger partial charge in [0.15, 0.2) is 5.65 Å². The quantitative estimate of drug-likeness (QED) is 0.778. The molecule has 1 aromatic carbocycles. The lowest BCUT2D eigenvalue weighted by Gasteiger charge is -2.26. The van der Waals surface area contributed by atoms with E-state index < -0.39 is 12.0 Å². The molecular weight excluding hydrogens is 319 g/mol. The van der Waals surface area contributed by atoms with Crippen LogP contribution in [-0.4, -0.2) is 19.8 Å². The molecule has 0 bridgehead atoms. The highest BCUT2D eigenvalue weighted by molar-refractivity contribution is 5.46. The van der Waals surface area contributed by atoms with Crippen molar-refractivity contribution in [1.29, 1.82) is 0 Å². The lowest BCUT2D eigenvalue weighted by molar-refractivity contribution is -0.146. The van der Waals surface area contributed by atoms with Crippen LogP contribution in [0.4, 0.5) is 19.0 Å². The van der Waals surface area contributed by atoms with E-state index in [4.69, 9.17) is 0 Å². The van der Waals surface area contributed by atoms with Crippen molar-refractivity contribution in [2.45, 2.75) is 31.5 Å². The summed E-state index contributed by atoms with van der Waals surface area (Å²) in [6.07, 6.45) is -1.64. The third-order valence-electron chi connectivity index (χ3n) is 4.21. The van der Waals surface area contributed by atoms with Crippen LogP contribution >= 0.6 is 0 Å². The summed E-state index contributed by atoms with van der Waals surface area (Å²) >= 11 is 0. The van der Waals surface area contributed by atoms with E-state index in [1.54, 1.807) is 6.07 Å². The van der Waals surface area contributed by atoms with Crippen LogP contribution in [0.25, 0.3) is 5.65 Å². The minimum absolute atomic E-state index is 0.0331. The van der Waals surface area contributed by atoms with Crippen molar-refractivity contribution in [1.82, 2.24) is 19.8 Å². The summed E-state index contributed by atoms with van der Waals surface area (Å²) in [6.45, 7) is 0. The Balaban J connectivity index is 1.69. The van der Waals surface area contributed by atoms with Crippen LogP contribution in [-0.2, 0) is 12.6 Å². The minimum Gasteiger partial charge on any atom is -0.362 e. The summed E-state index contributed by atoms with van der Waals surface area (Å²) in [5.41, 5.74) is 2.50. The monoisotopic (exact) mass is 333 g/mol. The van der Waals surface area contributed by atoms with Gasteiger partial charge in [0.1, 0.15) is 5.82 Å². The van der Waals surface area contributed by atoms with Crippen molar-refractivity contribution < 1.29 is 13.2 Å². The van der Waals surface area contributed by atoms with E-state index >= 15 is 0 Å². The first-order chi connectivity index (χ1) is 11.5. The molecule has 1 N–H and O–H groups in total. The Bertz CT molecular complexity index is 887. The molecule has 0 spiro atoms. The highest BCUT2D eigenvalue weighted by Gasteiger charge is 2.37. The van der Waals surface area contributed by atoms with Crippen LogP contribution < -0.4 is 5.32 Å². The summed E-state index contributed by atoms with van der Waals surface area (Å²) in [6, 6.07) is 11.2. The molecule has 0 radical (unpaired) electrons. The summed E-state index contributed by atoms with van der Waals surface area (Å²) in [5.74, 6) is -0.750. The molecule has 8 heteroatoms. The average Bonchev–Trinajstić information content (AvgIpc) is 2.99. The van der Waals surface area contributed by atoms with Crippen molar-refractivity contribution in [2.24, 2.45) is 0 Å². The lowest BCUT2D eigenvalue weighted by atomic mass is 9.88. The number of anilines is 1. The number of fused-ring (bicyclic) bond motifs is 2. The highest BCUT2D eigenvalue weighted by Crippen LogP contribution is 2.32. The number of aromatic nitrogens is 4. The van der Waals surface area contributed by atoms with E-state index in [1.807, 2.05) is 18.2 Å². The molecular formula is C16H14F3N5. The first-order valence-electron chi connectivity index (χ1n) is 7.66. The number of benzene rings is 1. The zero-order valence-corrected chi connectivity index (χ0v) is 12.6. The third-order valence-corrected chi connectivity index (χ3v) is 4.21. The van der Waals surface area contributed by atoms with Gasteiger partial charge in [0.05, 0.1) is 6.04 Å². The molecule has 0 saturated carbocycles. The maximum Gasteiger partial charge on any atom is 0.453 e. The molecule has 5 nitrogen and oxygen atoms in total. The maximum absolute atomic E-state index is 13.0. The summed E-state index contributed by atoms with van der Waals surface area (Å²) < 4.78 is 39.6. The summed E-state index contributed by atoms with van der Waals surface area (Å²) in [4.78, 5) is 0. The van der Waals surface area contributed by atoms with Gasteiger partial charge in [-0.3, -0.25) is 0 Å². The van der Waals surface area contributed by atoms with Gasteiger partial charge in [-0.2, -0.15) is 17.7 Å². The normalized spacial score (nSPS) is 17.7. The van der Waals surface area contributed by atoms with Crippen LogP contribution in [0.1, 0.15) is 35.8 Å². The van der Waals surface area contributed by atoms with E-state index in [0.717, 1.165) is 23.8 Å². The van der Waals surface area contributed by atoms with Gasteiger partial charge in [0, 0.05) is 0 Å². The van der Waals surface area contributed by atoms with Gasteiger partial charge < -0.3 is 5.32 Å². The second kappa shape index (κ2) is 5.47. The number of nitrogens with one attached hydrogen (secondary N) is 1. The Kier molecular flexibility index (Phi) is 3.40. The zero-order valence-electron chi connectivity index (χ0n) is 12.6. The molecule has 1 aliphatic carbocycles. The Morgan fingerprint density at radius 1 is 1.08 bits per heavy atom. The highest BCUT2D eigenvalue weighted by atomic mass is 19.4. The van der Waals surface area contributed by atoms with E-state index in [2.05, 4.69) is 26.7 Å². The second-order valence-electron chi connectivity index (χ2n) is 5.80. The average molecular weight is 333 g/mol. The summed E-state index contributed by atoms with van der Waals surface area (Å²) in [5, 5.41) is 14.0. The first-order valence-corrected chi connectivity index (χ1v) is 7.66. The van der Waals surface area contributed by atoms with Crippen LogP contribution in [0.15, 0.2) is 36.4 Å². The largest absolute Gasteiger partial charge is 0.453 e. The molecule has 0 saturated heterocycles. The van der Waals surface area contributed by atoms with E-state index in [-0.39, 0.29) is 11.7 Å². The number of aryl methyl sites for hydroxylation is 1. The molecule has 124 valence electrons. The van der Waals surface area contributed by atoms with Gasteiger partial charge in [0.2, 0.25) is 0 Å². The minimum atomic E-state index is -4.59. The van der Waals surface area contributed by atoms with Crippen molar-refractivity contribution >= 4 is 11.5 Å². The van der Waals surface area contributed by atoms with E-state index in [1.165, 1.54) is 17.2 Å². The molecule has 1 unspecified atom stereocenters. The van der Waals surface area contributed by atoms with Gasteiger partial charge >= 0.3 is 6.18 Å². The van der Waals surface area contributed by atoms with E-state index in [9.17, 15) is 13.2 Å². The Labute approximate surface area is 135 Å². The number of hydrogen-bond acceptors (Lipinski definition) is 4. The fourth-order valence-corrected chi connectivity index (χ4v) is 3.13. The number of halogens is 3. The van der Waals surface area contributed by atoms with Gasteiger partial charge in [-0.15, -0.1) is 15.3 Å². The Morgan fingerprint density at radius 3 is 2.75 bits per heavy atom. The number of rotatable bonds is 2. The van der Waals surface area contributed by atoms with Crippen LogP contribution in [0, 0.1) is 0 Å². The molecule has 3 aromatic rings. The van der Waals surface area contributed by atoms with E-state index in [0.29, 0.717) is 5.82 Å². The molecule has 4 rings (SSSR count). The molecule has 1 atom stereocenters. The lowest BCUT2D eigenvalue weighted by Crippen LogP contribution is -2.19. The molecule has 0 aliphatic heterocycles. The zero-order chi connectivity index (χ0) is 16.7. The first kappa shape index (κ1) is 14.9. The predicted octanol–water partition coefficient (Wildman–Crippen LogP) is 3.63. The van der Waals surface area contributed by atoms with Gasteiger partial charge in [-0.25, -0.2) is 0 Å². The van der Waals surface area contributed by atoms with Crippen LogP contribution in [0.2, 0.25) is 0 Å².